The third kappa shape index (κ3) is 3.48. The van der Waals surface area contributed by atoms with Crippen molar-refractivity contribution in [2.45, 2.75) is 110 Å². The monoisotopic (exact) mass is 390 g/mol. The zero-order valence-corrected chi connectivity index (χ0v) is 19.1. The second kappa shape index (κ2) is 7.24. The quantitative estimate of drug-likeness (QED) is 0.651. The summed E-state index contributed by atoms with van der Waals surface area (Å²) in [5.41, 5.74) is 7.10. The second-order valence-electron chi connectivity index (χ2n) is 12.5. The lowest BCUT2D eigenvalue weighted by molar-refractivity contribution is -0.128. The van der Waals surface area contributed by atoms with Gasteiger partial charge in [-0.3, -0.25) is 0 Å². The molecule has 28 heavy (non-hydrogen) atoms. The summed E-state index contributed by atoms with van der Waals surface area (Å²) >= 11 is 0. The molecule has 4 N–H and O–H groups in total. The number of hydrogen-bond acceptors (Lipinski definition) is 3. The Morgan fingerprint density at radius 3 is 2.39 bits per heavy atom. The van der Waals surface area contributed by atoms with E-state index in [2.05, 4.69) is 39.9 Å². The van der Waals surface area contributed by atoms with E-state index >= 15 is 0 Å². The summed E-state index contributed by atoms with van der Waals surface area (Å²) in [6, 6.07) is 0.561. The largest absolute Gasteiger partial charge is 0.393 e. The van der Waals surface area contributed by atoms with Crippen LogP contribution in [-0.2, 0) is 0 Å². The average Bonchev–Trinajstić information content (AvgIpc) is 2.97. The average molecular weight is 391 g/mol. The molecule has 0 aromatic carbocycles. The minimum Gasteiger partial charge on any atom is -0.393 e. The summed E-state index contributed by atoms with van der Waals surface area (Å²) in [5.74, 6) is 4.31. The Labute approximate surface area is 173 Å². The normalized spacial score (nSPS) is 49.8. The van der Waals surface area contributed by atoms with Crippen molar-refractivity contribution in [1.29, 1.82) is 0 Å². The number of hydrogen-bond donors (Lipinski definition) is 3. The van der Waals surface area contributed by atoms with Crippen molar-refractivity contribution in [3.8, 4) is 0 Å². The molecule has 4 aliphatic rings. The van der Waals surface area contributed by atoms with Gasteiger partial charge in [-0.05, 0) is 119 Å². The van der Waals surface area contributed by atoms with E-state index in [1.807, 2.05) is 0 Å². The summed E-state index contributed by atoms with van der Waals surface area (Å²) < 4.78 is 0. The SMILES string of the molecule is CC(NCC(C)(C)N)[C@H]1CC[C@H]2[C@@H]3CCC4CC(O)CC[C@]4(C)[C@H]3CC[C@]12C. The van der Waals surface area contributed by atoms with Crippen molar-refractivity contribution in [3.05, 3.63) is 0 Å². The Kier molecular flexibility index (Phi) is 5.46. The van der Waals surface area contributed by atoms with Gasteiger partial charge < -0.3 is 16.2 Å². The van der Waals surface area contributed by atoms with E-state index in [1.165, 1.54) is 44.9 Å². The fourth-order valence-electron chi connectivity index (χ4n) is 8.66. The molecule has 3 nitrogen and oxygen atoms in total. The highest BCUT2D eigenvalue weighted by Gasteiger charge is 2.60. The molecule has 0 bridgehead atoms. The lowest BCUT2D eigenvalue weighted by Crippen LogP contribution is -2.55. The Bertz CT molecular complexity index is 571. The Balaban J connectivity index is 1.49. The van der Waals surface area contributed by atoms with E-state index in [0.29, 0.717) is 16.9 Å². The van der Waals surface area contributed by atoms with Gasteiger partial charge in [0.05, 0.1) is 6.10 Å². The van der Waals surface area contributed by atoms with Gasteiger partial charge in [-0.25, -0.2) is 0 Å². The molecule has 0 heterocycles. The van der Waals surface area contributed by atoms with Crippen LogP contribution < -0.4 is 11.1 Å². The first-order valence-corrected chi connectivity index (χ1v) is 12.2. The van der Waals surface area contributed by atoms with Crippen molar-refractivity contribution >= 4 is 0 Å². The van der Waals surface area contributed by atoms with Gasteiger partial charge >= 0.3 is 0 Å². The third-order valence-electron chi connectivity index (χ3n) is 10.2. The third-order valence-corrected chi connectivity index (χ3v) is 10.2. The maximum Gasteiger partial charge on any atom is 0.0543 e. The maximum atomic E-state index is 10.2. The van der Waals surface area contributed by atoms with E-state index in [-0.39, 0.29) is 11.6 Å². The standard InChI is InChI=1S/C25H46N2O/c1-16(27-15-23(2,3)26)20-8-9-21-19-7-6-17-14-18(28)10-12-24(17,4)22(19)11-13-25(20,21)5/h16-22,27-28H,6-15,26H2,1-5H3/t16?,17?,18?,19-,20+,21-,22-,24-,25+/m0/s1. The van der Waals surface area contributed by atoms with Gasteiger partial charge in [0.25, 0.3) is 0 Å². The molecule has 0 spiro atoms. The van der Waals surface area contributed by atoms with Gasteiger partial charge in [0.15, 0.2) is 0 Å². The maximum absolute atomic E-state index is 10.2. The van der Waals surface area contributed by atoms with E-state index in [1.54, 1.807) is 0 Å². The minimum atomic E-state index is -0.136. The number of aliphatic hydroxyl groups excluding tert-OH is 1. The summed E-state index contributed by atoms with van der Waals surface area (Å²) in [5, 5.41) is 14.0. The number of aliphatic hydroxyl groups is 1. The second-order valence-corrected chi connectivity index (χ2v) is 12.5. The van der Waals surface area contributed by atoms with Crippen LogP contribution in [0.25, 0.3) is 0 Å². The van der Waals surface area contributed by atoms with Crippen LogP contribution in [0, 0.1) is 40.4 Å². The van der Waals surface area contributed by atoms with Crippen molar-refractivity contribution in [2.24, 2.45) is 46.2 Å². The Morgan fingerprint density at radius 1 is 1.00 bits per heavy atom. The van der Waals surface area contributed by atoms with E-state index < -0.39 is 0 Å². The van der Waals surface area contributed by atoms with Crippen molar-refractivity contribution in [1.82, 2.24) is 5.32 Å². The first-order valence-electron chi connectivity index (χ1n) is 12.2. The van der Waals surface area contributed by atoms with E-state index in [4.69, 9.17) is 5.73 Å². The van der Waals surface area contributed by atoms with E-state index in [9.17, 15) is 5.11 Å². The molecule has 4 rings (SSSR count). The van der Waals surface area contributed by atoms with Crippen LogP contribution in [0.1, 0.15) is 92.4 Å². The predicted octanol–water partition coefficient (Wildman–Crippen LogP) is 4.72. The molecule has 0 aromatic rings. The number of nitrogens with one attached hydrogen (secondary N) is 1. The Hall–Kier alpha value is -0.120. The summed E-state index contributed by atoms with van der Waals surface area (Å²) in [4.78, 5) is 0. The molecule has 162 valence electrons. The van der Waals surface area contributed by atoms with Crippen molar-refractivity contribution in [3.63, 3.8) is 0 Å². The van der Waals surface area contributed by atoms with Gasteiger partial charge in [-0.2, -0.15) is 0 Å². The topological polar surface area (TPSA) is 58.3 Å². The molecule has 0 radical (unpaired) electrons. The highest BCUT2D eigenvalue weighted by Crippen LogP contribution is 2.67. The number of rotatable bonds is 4. The van der Waals surface area contributed by atoms with Crippen LogP contribution in [0.5, 0.6) is 0 Å². The lowest BCUT2D eigenvalue weighted by atomic mass is 9.44. The molecule has 0 saturated heterocycles. The fourth-order valence-corrected chi connectivity index (χ4v) is 8.66. The van der Waals surface area contributed by atoms with Crippen LogP contribution in [0.4, 0.5) is 0 Å². The summed E-state index contributed by atoms with van der Waals surface area (Å²) in [6.07, 6.45) is 11.8. The smallest absolute Gasteiger partial charge is 0.0543 e. The minimum absolute atomic E-state index is 0.0296. The Morgan fingerprint density at radius 2 is 1.68 bits per heavy atom. The predicted molar refractivity (Wildman–Crippen MR) is 117 cm³/mol. The summed E-state index contributed by atoms with van der Waals surface area (Å²) in [7, 11) is 0. The van der Waals surface area contributed by atoms with Crippen LogP contribution in [-0.4, -0.2) is 29.3 Å². The van der Waals surface area contributed by atoms with Gasteiger partial charge in [0, 0.05) is 18.1 Å². The highest BCUT2D eigenvalue weighted by atomic mass is 16.3. The van der Waals surface area contributed by atoms with Gasteiger partial charge in [-0.15, -0.1) is 0 Å². The molecule has 4 fully saturated rings. The van der Waals surface area contributed by atoms with E-state index in [0.717, 1.165) is 49.0 Å². The molecule has 9 atom stereocenters. The lowest BCUT2D eigenvalue weighted by Gasteiger charge is -2.61. The molecule has 3 unspecified atom stereocenters. The van der Waals surface area contributed by atoms with Gasteiger partial charge in [0.1, 0.15) is 0 Å². The highest BCUT2D eigenvalue weighted by molar-refractivity contribution is 5.10. The van der Waals surface area contributed by atoms with Gasteiger partial charge in [-0.1, -0.05) is 13.8 Å². The first kappa shape index (κ1) is 21.1. The van der Waals surface area contributed by atoms with Crippen LogP contribution in [0.15, 0.2) is 0 Å². The molecule has 0 amide bonds. The van der Waals surface area contributed by atoms with Crippen LogP contribution in [0.3, 0.4) is 0 Å². The van der Waals surface area contributed by atoms with Crippen LogP contribution >= 0.6 is 0 Å². The number of nitrogens with two attached hydrogens (primary N) is 1. The zero-order valence-electron chi connectivity index (χ0n) is 19.1. The van der Waals surface area contributed by atoms with Gasteiger partial charge in [0.2, 0.25) is 0 Å². The molecular formula is C25H46N2O. The molecule has 0 aliphatic heterocycles. The fraction of sp³-hybridized carbons (Fsp3) is 1.00. The number of fused-ring (bicyclic) bond motifs is 5. The summed E-state index contributed by atoms with van der Waals surface area (Å²) in [6.45, 7) is 12.8. The molecular weight excluding hydrogens is 344 g/mol. The molecule has 4 aliphatic carbocycles. The zero-order chi connectivity index (χ0) is 20.3. The van der Waals surface area contributed by atoms with Crippen LogP contribution in [0.2, 0.25) is 0 Å². The molecule has 4 saturated carbocycles. The van der Waals surface area contributed by atoms with Crippen molar-refractivity contribution in [2.75, 3.05) is 6.54 Å². The molecule has 0 aromatic heterocycles. The molecule has 3 heteroatoms. The van der Waals surface area contributed by atoms with Crippen molar-refractivity contribution < 1.29 is 5.11 Å². The first-order chi connectivity index (χ1) is 13.0.